The number of carboxylic acid groups (broad SMARTS) is 1. The molecule has 0 aliphatic rings. The fourth-order valence-corrected chi connectivity index (χ4v) is 1.45. The summed E-state index contributed by atoms with van der Waals surface area (Å²) in [6.07, 6.45) is 2.80. The number of aryl methyl sites for hydroxylation is 1. The summed E-state index contributed by atoms with van der Waals surface area (Å²) in [5, 5.41) is 13.5. The van der Waals surface area contributed by atoms with Crippen LogP contribution in [0.3, 0.4) is 0 Å². The van der Waals surface area contributed by atoms with Gasteiger partial charge in [0.15, 0.2) is 5.65 Å². The van der Waals surface area contributed by atoms with Crippen molar-refractivity contribution in [3.8, 4) is 5.75 Å². The van der Waals surface area contributed by atoms with Crippen LogP contribution < -0.4 is 4.74 Å². The van der Waals surface area contributed by atoms with E-state index in [0.29, 0.717) is 16.8 Å². The number of methoxy groups -OCH3 is 1. The molecule has 0 saturated heterocycles. The van der Waals surface area contributed by atoms with Crippen LogP contribution in [0.25, 0.3) is 11.0 Å². The average Bonchev–Trinajstić information content (AvgIpc) is 2.59. The molecule has 2 rings (SSSR count). The van der Waals surface area contributed by atoms with Gasteiger partial charge in [-0.2, -0.15) is 5.10 Å². The van der Waals surface area contributed by atoms with Crippen molar-refractivity contribution in [3.63, 3.8) is 0 Å². The van der Waals surface area contributed by atoms with E-state index in [1.807, 2.05) is 0 Å². The number of carboxylic acids is 1. The van der Waals surface area contributed by atoms with Crippen molar-refractivity contribution in [1.29, 1.82) is 0 Å². The highest BCUT2D eigenvalue weighted by Crippen LogP contribution is 2.27. The van der Waals surface area contributed by atoms with Gasteiger partial charge in [0.05, 0.1) is 18.7 Å². The highest BCUT2D eigenvalue weighted by Gasteiger charge is 2.16. The molecule has 6 heteroatoms. The summed E-state index contributed by atoms with van der Waals surface area (Å²) >= 11 is 0. The van der Waals surface area contributed by atoms with Gasteiger partial charge >= 0.3 is 5.97 Å². The molecule has 0 spiro atoms. The van der Waals surface area contributed by atoms with Gasteiger partial charge in [0, 0.05) is 13.2 Å². The molecule has 0 amide bonds. The first-order valence-electron chi connectivity index (χ1n) is 4.23. The van der Waals surface area contributed by atoms with Crippen molar-refractivity contribution in [2.75, 3.05) is 7.11 Å². The summed E-state index contributed by atoms with van der Waals surface area (Å²) in [7, 11) is 3.16. The van der Waals surface area contributed by atoms with Gasteiger partial charge in [-0.1, -0.05) is 0 Å². The van der Waals surface area contributed by atoms with Gasteiger partial charge in [0.25, 0.3) is 0 Å². The molecule has 1 N–H and O–H groups in total. The standard InChI is InChI=1S/C9H9N3O3/c1-12-8-5(4-11-12)7(15-2)6(3-10-8)9(13)14/h3-4H,1-2H3,(H,13,14). The van der Waals surface area contributed by atoms with E-state index in [2.05, 4.69) is 10.1 Å². The minimum Gasteiger partial charge on any atom is -0.495 e. The zero-order valence-electron chi connectivity index (χ0n) is 8.26. The summed E-state index contributed by atoms with van der Waals surface area (Å²) < 4.78 is 6.62. The zero-order chi connectivity index (χ0) is 11.0. The molecular weight excluding hydrogens is 198 g/mol. The Hall–Kier alpha value is -2.11. The molecule has 0 atom stereocenters. The Balaban J connectivity index is 2.82. The van der Waals surface area contributed by atoms with Gasteiger partial charge in [-0.25, -0.2) is 9.78 Å². The third-order valence-electron chi connectivity index (χ3n) is 2.15. The summed E-state index contributed by atoms with van der Waals surface area (Å²) in [4.78, 5) is 14.9. The Kier molecular flexibility index (Phi) is 2.03. The number of fused-ring (bicyclic) bond motifs is 1. The predicted octanol–water partition coefficient (Wildman–Crippen LogP) is 0.675. The quantitative estimate of drug-likeness (QED) is 0.783. The summed E-state index contributed by atoms with van der Waals surface area (Å²) in [5.41, 5.74) is 0.634. The molecule has 6 nitrogen and oxygen atoms in total. The average molecular weight is 207 g/mol. The van der Waals surface area contributed by atoms with Gasteiger partial charge < -0.3 is 9.84 Å². The minimum absolute atomic E-state index is 0.0398. The number of hydrogen-bond acceptors (Lipinski definition) is 4. The Morgan fingerprint density at radius 3 is 2.87 bits per heavy atom. The van der Waals surface area contributed by atoms with Gasteiger partial charge in [-0.05, 0) is 0 Å². The van der Waals surface area contributed by atoms with E-state index in [1.54, 1.807) is 11.7 Å². The highest BCUT2D eigenvalue weighted by atomic mass is 16.5. The van der Waals surface area contributed by atoms with Crippen LogP contribution in [0, 0.1) is 0 Å². The monoisotopic (exact) mass is 207 g/mol. The molecule has 0 aliphatic heterocycles. The molecule has 0 saturated carbocycles. The third-order valence-corrected chi connectivity index (χ3v) is 2.15. The van der Waals surface area contributed by atoms with E-state index in [0.717, 1.165) is 0 Å². The van der Waals surface area contributed by atoms with Crippen molar-refractivity contribution >= 4 is 17.0 Å². The number of carbonyl (C=O) groups is 1. The molecule has 0 aromatic carbocycles. The Morgan fingerprint density at radius 1 is 1.53 bits per heavy atom. The van der Waals surface area contributed by atoms with E-state index in [1.165, 1.54) is 19.5 Å². The van der Waals surface area contributed by atoms with Crippen molar-refractivity contribution < 1.29 is 14.6 Å². The van der Waals surface area contributed by atoms with Crippen LogP contribution in [-0.4, -0.2) is 33.0 Å². The first kappa shape index (κ1) is 9.45. The topological polar surface area (TPSA) is 77.2 Å². The second kappa shape index (κ2) is 3.23. The molecule has 0 unspecified atom stereocenters. The Bertz CT molecular complexity index is 533. The molecule has 2 aromatic heterocycles. The van der Waals surface area contributed by atoms with E-state index < -0.39 is 5.97 Å². The van der Waals surface area contributed by atoms with Crippen LogP contribution in [0.4, 0.5) is 0 Å². The smallest absolute Gasteiger partial charge is 0.341 e. The second-order valence-corrected chi connectivity index (χ2v) is 3.02. The van der Waals surface area contributed by atoms with Crippen LogP contribution >= 0.6 is 0 Å². The number of ether oxygens (including phenoxy) is 1. The molecule has 78 valence electrons. The lowest BCUT2D eigenvalue weighted by Gasteiger charge is -2.04. The number of nitrogens with zero attached hydrogens (tertiary/aromatic N) is 3. The summed E-state index contributed by atoms with van der Waals surface area (Å²) in [6, 6.07) is 0. The maximum absolute atomic E-state index is 10.9. The summed E-state index contributed by atoms with van der Waals surface area (Å²) in [5.74, 6) is -0.772. The SMILES string of the molecule is COc1c(C(=O)O)cnc2c1cnn2C. The zero-order valence-corrected chi connectivity index (χ0v) is 8.26. The lowest BCUT2D eigenvalue weighted by molar-refractivity contribution is 0.0693. The molecule has 2 heterocycles. The number of hydrogen-bond donors (Lipinski definition) is 1. The number of rotatable bonds is 2. The molecular formula is C9H9N3O3. The van der Waals surface area contributed by atoms with Crippen LogP contribution in [0.5, 0.6) is 5.75 Å². The van der Waals surface area contributed by atoms with Crippen LogP contribution in [-0.2, 0) is 7.05 Å². The lowest BCUT2D eigenvalue weighted by Crippen LogP contribution is -2.02. The second-order valence-electron chi connectivity index (χ2n) is 3.02. The first-order chi connectivity index (χ1) is 7.15. The number of aromatic carboxylic acids is 1. The molecule has 0 aliphatic carbocycles. The third kappa shape index (κ3) is 1.30. The van der Waals surface area contributed by atoms with Gasteiger partial charge in [-0.15, -0.1) is 0 Å². The number of pyridine rings is 1. The first-order valence-corrected chi connectivity index (χ1v) is 4.23. The number of aromatic nitrogens is 3. The van der Waals surface area contributed by atoms with Crippen molar-refractivity contribution in [2.45, 2.75) is 0 Å². The largest absolute Gasteiger partial charge is 0.495 e. The van der Waals surface area contributed by atoms with Gasteiger partial charge in [-0.3, -0.25) is 4.68 Å². The van der Waals surface area contributed by atoms with Crippen LogP contribution in [0.1, 0.15) is 10.4 Å². The van der Waals surface area contributed by atoms with E-state index in [4.69, 9.17) is 9.84 Å². The van der Waals surface area contributed by atoms with Gasteiger partial charge in [0.2, 0.25) is 0 Å². The maximum Gasteiger partial charge on any atom is 0.341 e. The fourth-order valence-electron chi connectivity index (χ4n) is 1.45. The lowest BCUT2D eigenvalue weighted by atomic mass is 10.2. The molecule has 0 fully saturated rings. The van der Waals surface area contributed by atoms with Crippen molar-refractivity contribution in [2.24, 2.45) is 7.05 Å². The van der Waals surface area contributed by atoms with Gasteiger partial charge in [0.1, 0.15) is 11.3 Å². The minimum atomic E-state index is -1.06. The van der Waals surface area contributed by atoms with E-state index in [-0.39, 0.29) is 5.56 Å². The maximum atomic E-state index is 10.9. The Morgan fingerprint density at radius 2 is 2.27 bits per heavy atom. The molecule has 2 aromatic rings. The van der Waals surface area contributed by atoms with Crippen molar-refractivity contribution in [3.05, 3.63) is 18.0 Å². The van der Waals surface area contributed by atoms with Crippen molar-refractivity contribution in [1.82, 2.24) is 14.8 Å². The van der Waals surface area contributed by atoms with Crippen LogP contribution in [0.15, 0.2) is 12.4 Å². The molecule has 15 heavy (non-hydrogen) atoms. The van der Waals surface area contributed by atoms with Crippen LogP contribution in [0.2, 0.25) is 0 Å². The predicted molar refractivity (Wildman–Crippen MR) is 52.0 cm³/mol. The van der Waals surface area contributed by atoms with E-state index in [9.17, 15) is 4.79 Å². The van der Waals surface area contributed by atoms with E-state index >= 15 is 0 Å². The normalized spacial score (nSPS) is 10.5. The summed E-state index contributed by atoms with van der Waals surface area (Å²) in [6.45, 7) is 0. The molecule has 0 bridgehead atoms. The fraction of sp³-hybridized carbons (Fsp3) is 0.222. The molecule has 0 radical (unpaired) electrons. The Labute approximate surface area is 85.1 Å². The highest BCUT2D eigenvalue weighted by molar-refractivity contribution is 5.97.